The zero-order chi connectivity index (χ0) is 9.73. The summed E-state index contributed by atoms with van der Waals surface area (Å²) in [6.07, 6.45) is 1.38. The molecule has 0 aromatic carbocycles. The molecule has 0 N–H and O–H groups in total. The van der Waals surface area contributed by atoms with Crippen molar-refractivity contribution in [3.8, 4) is 0 Å². The van der Waals surface area contributed by atoms with E-state index in [1.54, 1.807) is 0 Å². The smallest absolute Gasteiger partial charge is 0.372 e. The fourth-order valence-electron chi connectivity index (χ4n) is 1.70. The van der Waals surface area contributed by atoms with E-state index in [0.717, 1.165) is 25.7 Å². The predicted octanol–water partition coefficient (Wildman–Crippen LogP) is 3.15. The lowest BCUT2D eigenvalue weighted by molar-refractivity contribution is -0.177. The molecule has 0 aromatic rings. The first-order chi connectivity index (χ1) is 6.08. The molecule has 78 valence electrons. The van der Waals surface area contributed by atoms with Crippen LogP contribution >= 0.6 is 0 Å². The summed E-state index contributed by atoms with van der Waals surface area (Å²) in [5, 5.41) is 0. The van der Waals surface area contributed by atoms with Crippen LogP contribution in [0.1, 0.15) is 32.1 Å². The molecule has 0 atom stereocenters. The van der Waals surface area contributed by atoms with E-state index in [1.807, 2.05) is 0 Å². The summed E-state index contributed by atoms with van der Waals surface area (Å²) in [6, 6.07) is 0. The van der Waals surface area contributed by atoms with Crippen LogP contribution < -0.4 is 0 Å². The van der Waals surface area contributed by atoms with Crippen LogP contribution in [0.2, 0.25) is 0 Å². The summed E-state index contributed by atoms with van der Waals surface area (Å²) in [5.74, 6) is 0.357. The van der Waals surface area contributed by atoms with Gasteiger partial charge in [-0.25, -0.2) is 0 Å². The summed E-state index contributed by atoms with van der Waals surface area (Å²) < 4.78 is 39.7. The average molecular weight is 196 g/mol. The van der Waals surface area contributed by atoms with E-state index in [-0.39, 0.29) is 6.61 Å². The minimum Gasteiger partial charge on any atom is -0.372 e. The topological polar surface area (TPSA) is 9.23 Å². The molecule has 1 aliphatic rings. The van der Waals surface area contributed by atoms with Crippen LogP contribution in [0.25, 0.3) is 0 Å². The summed E-state index contributed by atoms with van der Waals surface area (Å²) in [7, 11) is 0. The van der Waals surface area contributed by atoms with Crippen LogP contribution in [-0.4, -0.2) is 19.4 Å². The molecule has 0 aromatic heterocycles. The molecule has 0 aliphatic heterocycles. The van der Waals surface area contributed by atoms with Crippen LogP contribution in [0.3, 0.4) is 0 Å². The first-order valence-electron chi connectivity index (χ1n) is 4.72. The molecule has 0 unspecified atom stereocenters. The van der Waals surface area contributed by atoms with Crippen molar-refractivity contribution in [1.29, 1.82) is 0 Å². The molecule has 0 saturated heterocycles. The highest BCUT2D eigenvalue weighted by Crippen LogP contribution is 2.24. The lowest BCUT2D eigenvalue weighted by Gasteiger charge is -2.21. The zero-order valence-electron chi connectivity index (χ0n) is 7.57. The van der Waals surface area contributed by atoms with E-state index >= 15 is 0 Å². The van der Waals surface area contributed by atoms with Gasteiger partial charge in [0.1, 0.15) is 6.61 Å². The van der Waals surface area contributed by atoms with Gasteiger partial charge in [-0.05, 0) is 18.8 Å². The highest BCUT2D eigenvalue weighted by molar-refractivity contribution is 4.65. The lowest BCUT2D eigenvalue weighted by Crippen LogP contribution is -2.21. The van der Waals surface area contributed by atoms with Gasteiger partial charge in [-0.3, -0.25) is 0 Å². The molecule has 1 saturated carbocycles. The summed E-state index contributed by atoms with van der Waals surface area (Å²) in [5.41, 5.74) is 0. The highest BCUT2D eigenvalue weighted by atomic mass is 19.4. The average Bonchev–Trinajstić information content (AvgIpc) is 2.04. The van der Waals surface area contributed by atoms with Crippen molar-refractivity contribution in [3.05, 3.63) is 0 Å². The van der Waals surface area contributed by atoms with E-state index in [2.05, 4.69) is 4.74 Å². The van der Waals surface area contributed by atoms with E-state index < -0.39 is 12.8 Å². The Labute approximate surface area is 76.3 Å². The minimum atomic E-state index is -4.17. The number of hydrogen-bond donors (Lipinski definition) is 0. The molecular weight excluding hydrogens is 181 g/mol. The Kier molecular flexibility index (Phi) is 4.03. The van der Waals surface area contributed by atoms with Gasteiger partial charge in [0.15, 0.2) is 0 Å². The van der Waals surface area contributed by atoms with Gasteiger partial charge in [0.2, 0.25) is 0 Å². The number of ether oxygens (including phenoxy) is 1. The SMILES string of the molecule is FC(F)(F)COCC1CCCCC1. The molecule has 0 spiro atoms. The van der Waals surface area contributed by atoms with Gasteiger partial charge in [0, 0.05) is 6.61 Å². The maximum Gasteiger partial charge on any atom is 0.411 e. The standard InChI is InChI=1S/C9H15F3O/c10-9(11,12)7-13-6-8-4-2-1-3-5-8/h8H,1-7H2. The Morgan fingerprint density at radius 3 is 2.23 bits per heavy atom. The summed E-state index contributed by atoms with van der Waals surface area (Å²) in [4.78, 5) is 0. The second kappa shape index (κ2) is 4.84. The molecule has 1 aliphatic carbocycles. The molecule has 0 heterocycles. The van der Waals surface area contributed by atoms with Crippen molar-refractivity contribution in [2.24, 2.45) is 5.92 Å². The van der Waals surface area contributed by atoms with Crippen LogP contribution in [0.15, 0.2) is 0 Å². The Bertz CT molecular complexity index is 138. The largest absolute Gasteiger partial charge is 0.411 e. The van der Waals surface area contributed by atoms with Crippen molar-refractivity contribution in [3.63, 3.8) is 0 Å². The third-order valence-corrected chi connectivity index (χ3v) is 2.34. The molecule has 0 bridgehead atoms. The molecule has 0 amide bonds. The fourth-order valence-corrected chi connectivity index (χ4v) is 1.70. The predicted molar refractivity (Wildman–Crippen MR) is 43.4 cm³/mol. The number of hydrogen-bond acceptors (Lipinski definition) is 1. The molecule has 1 nitrogen and oxygen atoms in total. The van der Waals surface area contributed by atoms with E-state index in [1.165, 1.54) is 6.42 Å². The quantitative estimate of drug-likeness (QED) is 0.673. The Balaban J connectivity index is 2.04. The number of alkyl halides is 3. The van der Waals surface area contributed by atoms with Crippen molar-refractivity contribution < 1.29 is 17.9 Å². The maximum absolute atomic E-state index is 11.7. The van der Waals surface area contributed by atoms with Crippen molar-refractivity contribution in [2.45, 2.75) is 38.3 Å². The third-order valence-electron chi connectivity index (χ3n) is 2.34. The fraction of sp³-hybridized carbons (Fsp3) is 1.00. The monoisotopic (exact) mass is 196 g/mol. The zero-order valence-corrected chi connectivity index (χ0v) is 7.57. The van der Waals surface area contributed by atoms with Gasteiger partial charge in [0.05, 0.1) is 0 Å². The van der Waals surface area contributed by atoms with Crippen LogP contribution in [0.5, 0.6) is 0 Å². The van der Waals surface area contributed by atoms with Crippen LogP contribution in [0.4, 0.5) is 13.2 Å². The Morgan fingerprint density at radius 1 is 1.08 bits per heavy atom. The van der Waals surface area contributed by atoms with Gasteiger partial charge < -0.3 is 4.74 Å². The molecule has 1 fully saturated rings. The van der Waals surface area contributed by atoms with E-state index in [4.69, 9.17) is 0 Å². The van der Waals surface area contributed by atoms with Gasteiger partial charge >= 0.3 is 6.18 Å². The summed E-state index contributed by atoms with van der Waals surface area (Å²) >= 11 is 0. The lowest BCUT2D eigenvalue weighted by atomic mass is 9.90. The Hall–Kier alpha value is -0.250. The first kappa shape index (κ1) is 10.8. The minimum absolute atomic E-state index is 0.277. The van der Waals surface area contributed by atoms with Gasteiger partial charge in [-0.2, -0.15) is 13.2 Å². The second-order valence-corrected chi connectivity index (χ2v) is 3.63. The third kappa shape index (κ3) is 5.13. The van der Waals surface area contributed by atoms with Crippen molar-refractivity contribution in [2.75, 3.05) is 13.2 Å². The van der Waals surface area contributed by atoms with Crippen molar-refractivity contribution in [1.82, 2.24) is 0 Å². The van der Waals surface area contributed by atoms with Crippen molar-refractivity contribution >= 4 is 0 Å². The maximum atomic E-state index is 11.7. The van der Waals surface area contributed by atoms with Crippen LogP contribution in [0, 0.1) is 5.92 Å². The molecule has 0 radical (unpaired) electrons. The molecular formula is C9H15F3O. The summed E-state index contributed by atoms with van der Waals surface area (Å²) in [6.45, 7) is -0.816. The van der Waals surface area contributed by atoms with Gasteiger partial charge in [-0.15, -0.1) is 0 Å². The van der Waals surface area contributed by atoms with E-state index in [0.29, 0.717) is 5.92 Å². The molecule has 13 heavy (non-hydrogen) atoms. The normalized spacial score (nSPS) is 20.5. The van der Waals surface area contributed by atoms with E-state index in [9.17, 15) is 13.2 Å². The number of halogens is 3. The Morgan fingerprint density at radius 2 is 1.69 bits per heavy atom. The van der Waals surface area contributed by atoms with Gasteiger partial charge in [0.25, 0.3) is 0 Å². The second-order valence-electron chi connectivity index (χ2n) is 3.63. The first-order valence-corrected chi connectivity index (χ1v) is 4.72. The number of rotatable bonds is 3. The van der Waals surface area contributed by atoms with Gasteiger partial charge in [-0.1, -0.05) is 19.3 Å². The molecule has 4 heteroatoms. The van der Waals surface area contributed by atoms with Crippen LogP contribution in [-0.2, 0) is 4.74 Å². The highest BCUT2D eigenvalue weighted by Gasteiger charge is 2.28. The molecule has 1 rings (SSSR count).